The standard InChI is InChI=1S/C30H31F6N2O/c1-39-27-10-7-22(8-11-27)13-14-37-15-17-38(18-16-37)28(24-5-3-2-4-6-24)12-9-23-19-25(29(31,32)33)21-26(20-23)30(34,35)36/h2-8,10-12,19-21,28H,9,13-18H2,1H3. The van der Waals surface area contributed by atoms with E-state index in [0.29, 0.717) is 0 Å². The van der Waals surface area contributed by atoms with Crippen molar-refractivity contribution in [1.29, 1.82) is 0 Å². The van der Waals surface area contributed by atoms with Crippen LogP contribution in [0.25, 0.3) is 0 Å². The Labute approximate surface area is 225 Å². The van der Waals surface area contributed by atoms with Gasteiger partial charge >= 0.3 is 12.4 Å². The van der Waals surface area contributed by atoms with Crippen molar-refractivity contribution in [2.45, 2.75) is 31.2 Å². The predicted molar refractivity (Wildman–Crippen MR) is 138 cm³/mol. The quantitative estimate of drug-likeness (QED) is 0.265. The molecular formula is C30H31F6N2O. The number of alkyl halides is 6. The minimum atomic E-state index is -4.86. The molecule has 3 aromatic rings. The first-order chi connectivity index (χ1) is 18.5. The zero-order chi connectivity index (χ0) is 28.0. The van der Waals surface area contributed by atoms with Crippen LogP contribution in [-0.4, -0.2) is 49.6 Å². The smallest absolute Gasteiger partial charge is 0.416 e. The molecule has 1 heterocycles. The van der Waals surface area contributed by atoms with Gasteiger partial charge in [-0.15, -0.1) is 0 Å². The maximum Gasteiger partial charge on any atom is 0.416 e. The molecule has 3 nitrogen and oxygen atoms in total. The predicted octanol–water partition coefficient (Wildman–Crippen LogP) is 7.08. The number of methoxy groups -OCH3 is 1. The maximum absolute atomic E-state index is 13.3. The molecule has 0 saturated carbocycles. The van der Waals surface area contributed by atoms with Gasteiger partial charge in [0.05, 0.1) is 18.2 Å². The largest absolute Gasteiger partial charge is 0.497 e. The van der Waals surface area contributed by atoms with Crippen LogP contribution in [-0.2, 0) is 25.2 Å². The summed E-state index contributed by atoms with van der Waals surface area (Å²) in [5, 5.41) is 0. The highest BCUT2D eigenvalue weighted by Gasteiger charge is 2.37. The topological polar surface area (TPSA) is 15.7 Å². The van der Waals surface area contributed by atoms with E-state index in [9.17, 15) is 26.3 Å². The van der Waals surface area contributed by atoms with Crippen molar-refractivity contribution in [3.63, 3.8) is 0 Å². The molecule has 1 fully saturated rings. The number of halogens is 6. The van der Waals surface area contributed by atoms with Gasteiger partial charge in [0, 0.05) is 38.8 Å². The number of hydrogen-bond donors (Lipinski definition) is 0. The average molecular weight is 550 g/mol. The fourth-order valence-corrected chi connectivity index (χ4v) is 4.88. The Hall–Kier alpha value is -3.04. The molecule has 0 spiro atoms. The van der Waals surface area contributed by atoms with Gasteiger partial charge in [-0.2, -0.15) is 26.3 Å². The Kier molecular flexibility index (Phi) is 9.23. The summed E-state index contributed by atoms with van der Waals surface area (Å²) in [4.78, 5) is 4.60. The number of hydrogen-bond acceptors (Lipinski definition) is 3. The Morgan fingerprint density at radius 3 is 1.90 bits per heavy atom. The third-order valence-corrected chi connectivity index (χ3v) is 7.04. The Balaban J connectivity index is 1.43. The van der Waals surface area contributed by atoms with E-state index in [-0.39, 0.29) is 24.1 Å². The molecule has 0 aromatic heterocycles. The summed E-state index contributed by atoms with van der Waals surface area (Å²) in [6.45, 7) is 3.98. The van der Waals surface area contributed by atoms with E-state index in [2.05, 4.69) is 9.80 Å². The molecule has 4 rings (SSSR count). The van der Waals surface area contributed by atoms with Crippen molar-refractivity contribution >= 4 is 0 Å². The minimum Gasteiger partial charge on any atom is -0.497 e. The summed E-state index contributed by atoms with van der Waals surface area (Å²) < 4.78 is 85.2. The summed E-state index contributed by atoms with van der Waals surface area (Å²) >= 11 is 0. The van der Waals surface area contributed by atoms with E-state index in [0.717, 1.165) is 62.6 Å². The zero-order valence-electron chi connectivity index (χ0n) is 21.6. The molecule has 1 atom stereocenters. The number of ether oxygens (including phenoxy) is 1. The van der Waals surface area contributed by atoms with E-state index in [4.69, 9.17) is 4.74 Å². The highest BCUT2D eigenvalue weighted by atomic mass is 19.4. The molecule has 3 aromatic carbocycles. The number of piperazine rings is 1. The van der Waals surface area contributed by atoms with Crippen molar-refractivity contribution in [2.24, 2.45) is 0 Å². The number of benzene rings is 3. The van der Waals surface area contributed by atoms with Gasteiger partial charge in [-0.3, -0.25) is 4.90 Å². The van der Waals surface area contributed by atoms with E-state index in [1.54, 1.807) is 7.11 Å². The van der Waals surface area contributed by atoms with Crippen LogP contribution >= 0.6 is 0 Å². The van der Waals surface area contributed by atoms with Gasteiger partial charge < -0.3 is 9.64 Å². The molecule has 1 unspecified atom stereocenters. The molecular weight excluding hydrogens is 518 g/mol. The lowest BCUT2D eigenvalue weighted by Gasteiger charge is -2.39. The van der Waals surface area contributed by atoms with Crippen LogP contribution < -0.4 is 4.74 Å². The summed E-state index contributed by atoms with van der Waals surface area (Å²) in [7, 11) is 1.63. The third kappa shape index (κ3) is 7.99. The average Bonchev–Trinajstić information content (AvgIpc) is 2.92. The zero-order valence-corrected chi connectivity index (χ0v) is 21.6. The molecule has 1 aliphatic rings. The molecule has 0 aliphatic carbocycles. The molecule has 0 N–H and O–H groups in total. The maximum atomic E-state index is 13.3. The van der Waals surface area contributed by atoms with Crippen molar-refractivity contribution in [1.82, 2.24) is 9.80 Å². The van der Waals surface area contributed by atoms with Crippen molar-refractivity contribution < 1.29 is 31.1 Å². The van der Waals surface area contributed by atoms with E-state index in [1.165, 1.54) is 5.56 Å². The second-order valence-electron chi connectivity index (χ2n) is 9.69. The van der Waals surface area contributed by atoms with Crippen LogP contribution in [0.3, 0.4) is 0 Å². The fraction of sp³-hybridized carbons (Fsp3) is 0.367. The number of nitrogens with zero attached hydrogens (tertiary/aromatic N) is 2. The molecule has 0 bridgehead atoms. The van der Waals surface area contributed by atoms with Crippen LogP contribution in [0.15, 0.2) is 72.8 Å². The first kappa shape index (κ1) is 29.0. The summed E-state index contributed by atoms with van der Waals surface area (Å²) in [6.07, 6.45) is -7.04. The second-order valence-corrected chi connectivity index (χ2v) is 9.69. The normalized spacial score (nSPS) is 16.3. The van der Waals surface area contributed by atoms with Crippen LogP contribution in [0.1, 0.15) is 33.9 Å². The van der Waals surface area contributed by atoms with E-state index < -0.39 is 23.5 Å². The summed E-state index contributed by atoms with van der Waals surface area (Å²) in [6, 6.07) is 19.0. The van der Waals surface area contributed by atoms with Crippen molar-refractivity contribution in [2.75, 3.05) is 39.8 Å². The van der Waals surface area contributed by atoms with Crippen LogP contribution in [0.4, 0.5) is 26.3 Å². The van der Waals surface area contributed by atoms with Gasteiger partial charge in [0.2, 0.25) is 0 Å². The third-order valence-electron chi connectivity index (χ3n) is 7.04. The monoisotopic (exact) mass is 549 g/mol. The van der Waals surface area contributed by atoms with Gasteiger partial charge in [-0.05, 0) is 66.3 Å². The highest BCUT2D eigenvalue weighted by molar-refractivity contribution is 5.35. The molecule has 209 valence electrons. The summed E-state index contributed by atoms with van der Waals surface area (Å²) in [5.41, 5.74) is -0.429. The lowest BCUT2D eigenvalue weighted by atomic mass is 9.95. The Morgan fingerprint density at radius 1 is 0.769 bits per heavy atom. The molecule has 9 heteroatoms. The molecule has 1 saturated heterocycles. The van der Waals surface area contributed by atoms with Crippen LogP contribution in [0, 0.1) is 6.42 Å². The van der Waals surface area contributed by atoms with E-state index in [1.807, 2.05) is 61.0 Å². The molecule has 1 aliphatic heterocycles. The number of rotatable bonds is 9. The van der Waals surface area contributed by atoms with Crippen LogP contribution in [0.5, 0.6) is 5.75 Å². The summed E-state index contributed by atoms with van der Waals surface area (Å²) in [5.74, 6) is 0.815. The van der Waals surface area contributed by atoms with Crippen molar-refractivity contribution in [3.05, 3.63) is 107 Å². The first-order valence-electron chi connectivity index (χ1n) is 12.8. The molecule has 39 heavy (non-hydrogen) atoms. The highest BCUT2D eigenvalue weighted by Crippen LogP contribution is 2.37. The van der Waals surface area contributed by atoms with E-state index >= 15 is 0 Å². The van der Waals surface area contributed by atoms with Gasteiger partial charge in [-0.1, -0.05) is 42.5 Å². The minimum absolute atomic E-state index is 0.0174. The lowest BCUT2D eigenvalue weighted by molar-refractivity contribution is -0.143. The van der Waals surface area contributed by atoms with Gasteiger partial charge in [0.1, 0.15) is 5.75 Å². The van der Waals surface area contributed by atoms with Gasteiger partial charge in [-0.25, -0.2) is 0 Å². The second kappa shape index (κ2) is 12.4. The molecule has 0 amide bonds. The van der Waals surface area contributed by atoms with Gasteiger partial charge in [0.15, 0.2) is 0 Å². The fourth-order valence-electron chi connectivity index (χ4n) is 4.88. The van der Waals surface area contributed by atoms with Crippen molar-refractivity contribution in [3.8, 4) is 5.75 Å². The van der Waals surface area contributed by atoms with Gasteiger partial charge in [0.25, 0.3) is 0 Å². The first-order valence-corrected chi connectivity index (χ1v) is 12.8. The Bertz CT molecular complexity index is 1150. The SMILES string of the molecule is COc1ccc(CCN2CCN(C([CH]Cc3cc(C(F)(F)F)cc(C(F)(F)F)c3)c3ccccc3)CC2)cc1. The van der Waals surface area contributed by atoms with Crippen LogP contribution in [0.2, 0.25) is 0 Å². The Morgan fingerprint density at radius 2 is 1.36 bits per heavy atom. The lowest BCUT2D eigenvalue weighted by Crippen LogP contribution is -2.48. The molecule has 1 radical (unpaired) electrons.